The summed E-state index contributed by atoms with van der Waals surface area (Å²) in [4.78, 5) is 28.0. The van der Waals surface area contributed by atoms with Gasteiger partial charge in [0.15, 0.2) is 11.6 Å². The summed E-state index contributed by atoms with van der Waals surface area (Å²) in [6, 6.07) is 13.8. The van der Waals surface area contributed by atoms with Gasteiger partial charge in [0.05, 0.1) is 12.1 Å². The first-order valence-electron chi connectivity index (χ1n) is 10.5. The molecule has 0 aliphatic carbocycles. The molecule has 3 aromatic rings. The number of rotatable bonds is 7. The monoisotopic (exact) mass is 433 g/mol. The lowest BCUT2D eigenvalue weighted by Gasteiger charge is -2.20. The summed E-state index contributed by atoms with van der Waals surface area (Å²) < 4.78 is 20.4. The summed E-state index contributed by atoms with van der Waals surface area (Å²) in [6.07, 6.45) is 1.93. The molecule has 0 fully saturated rings. The van der Waals surface area contributed by atoms with Crippen molar-refractivity contribution in [2.75, 3.05) is 5.32 Å². The molecule has 0 atom stereocenters. The summed E-state index contributed by atoms with van der Waals surface area (Å²) in [5, 5.41) is 5.22. The Balaban J connectivity index is 1.42. The average molecular weight is 433 g/mol. The number of fused-ring (bicyclic) bond motifs is 1. The Hall–Kier alpha value is -3.74. The number of amides is 2. The molecule has 0 spiro atoms. The Kier molecular flexibility index (Phi) is 6.16. The van der Waals surface area contributed by atoms with Crippen LogP contribution in [0.3, 0.4) is 0 Å². The van der Waals surface area contributed by atoms with Gasteiger partial charge in [-0.2, -0.15) is 0 Å². The third-order valence-corrected chi connectivity index (χ3v) is 5.34. The Morgan fingerprint density at radius 3 is 2.50 bits per heavy atom. The molecule has 0 unspecified atom stereocenters. The van der Waals surface area contributed by atoms with Gasteiger partial charge in [0.2, 0.25) is 0 Å². The molecule has 6 nitrogen and oxygen atoms in total. The van der Waals surface area contributed by atoms with E-state index in [2.05, 4.69) is 29.5 Å². The standard InChI is InChI=1S/C25H24FN3O3/c1-15(2)18-6-3-16(4-7-18)11-19(30)12-17-5-8-23(21(26)13-17)32-22-9-10-27-24-20(22)14-28-25(31)29-24/h3-10,13,15H,11-12,14H2,1-2H3,(H2,27,28,29,31). The zero-order valence-electron chi connectivity index (χ0n) is 17.9. The van der Waals surface area contributed by atoms with E-state index < -0.39 is 5.82 Å². The highest BCUT2D eigenvalue weighted by Gasteiger charge is 2.20. The average Bonchev–Trinajstić information content (AvgIpc) is 2.76. The van der Waals surface area contributed by atoms with Gasteiger partial charge in [-0.15, -0.1) is 0 Å². The van der Waals surface area contributed by atoms with Crippen molar-refractivity contribution in [3.8, 4) is 11.5 Å². The number of carbonyl (C=O) groups is 2. The van der Waals surface area contributed by atoms with Crippen LogP contribution in [0.1, 0.15) is 42.0 Å². The van der Waals surface area contributed by atoms with E-state index in [1.807, 2.05) is 24.3 Å². The molecule has 4 rings (SSSR count). The van der Waals surface area contributed by atoms with Crippen molar-refractivity contribution < 1.29 is 18.7 Å². The summed E-state index contributed by atoms with van der Waals surface area (Å²) in [6.45, 7) is 4.48. The Bertz CT molecular complexity index is 1160. The molecule has 1 aliphatic rings. The molecule has 0 saturated heterocycles. The van der Waals surface area contributed by atoms with Gasteiger partial charge in [-0.05, 0) is 40.8 Å². The second-order valence-electron chi connectivity index (χ2n) is 8.10. The van der Waals surface area contributed by atoms with Crippen LogP contribution in [0.15, 0.2) is 54.7 Å². The van der Waals surface area contributed by atoms with E-state index in [0.29, 0.717) is 35.0 Å². The third-order valence-electron chi connectivity index (χ3n) is 5.34. The predicted molar refractivity (Wildman–Crippen MR) is 120 cm³/mol. The second-order valence-corrected chi connectivity index (χ2v) is 8.10. The van der Waals surface area contributed by atoms with E-state index in [-0.39, 0.29) is 30.5 Å². The van der Waals surface area contributed by atoms with Crippen molar-refractivity contribution in [1.82, 2.24) is 10.3 Å². The van der Waals surface area contributed by atoms with Gasteiger partial charge in [-0.3, -0.25) is 10.1 Å². The van der Waals surface area contributed by atoms with Crippen molar-refractivity contribution in [1.29, 1.82) is 0 Å². The van der Waals surface area contributed by atoms with E-state index in [9.17, 15) is 14.0 Å². The molecule has 2 heterocycles. The number of aromatic nitrogens is 1. The highest BCUT2D eigenvalue weighted by Crippen LogP contribution is 2.32. The van der Waals surface area contributed by atoms with Gasteiger partial charge in [0.25, 0.3) is 0 Å². The number of carbonyl (C=O) groups excluding carboxylic acids is 2. The smallest absolute Gasteiger partial charge is 0.320 e. The number of nitrogens with zero attached hydrogens (tertiary/aromatic N) is 1. The number of hydrogen-bond donors (Lipinski definition) is 2. The maximum Gasteiger partial charge on any atom is 0.320 e. The molecule has 0 radical (unpaired) electrons. The number of benzene rings is 2. The van der Waals surface area contributed by atoms with E-state index in [4.69, 9.17) is 4.74 Å². The second kappa shape index (κ2) is 9.18. The fraction of sp³-hybridized carbons (Fsp3) is 0.240. The van der Waals surface area contributed by atoms with Crippen LogP contribution in [0.25, 0.3) is 0 Å². The van der Waals surface area contributed by atoms with Gasteiger partial charge in [-0.25, -0.2) is 14.2 Å². The number of nitrogens with one attached hydrogen (secondary N) is 2. The van der Waals surface area contributed by atoms with Crippen molar-refractivity contribution >= 4 is 17.6 Å². The Morgan fingerprint density at radius 1 is 1.06 bits per heavy atom. The number of ketones is 1. The Labute approximate surface area is 185 Å². The van der Waals surface area contributed by atoms with E-state index in [1.165, 1.54) is 23.9 Å². The number of ether oxygens (including phenoxy) is 1. The number of halogens is 1. The predicted octanol–water partition coefficient (Wildman–Crippen LogP) is 5.13. The number of hydrogen-bond acceptors (Lipinski definition) is 4. The first kappa shape index (κ1) is 21.5. The number of pyridine rings is 1. The Morgan fingerprint density at radius 2 is 1.78 bits per heavy atom. The molecule has 2 amide bonds. The summed E-state index contributed by atoms with van der Waals surface area (Å²) in [5.74, 6) is 0.715. The van der Waals surface area contributed by atoms with E-state index in [1.54, 1.807) is 12.1 Å². The highest BCUT2D eigenvalue weighted by molar-refractivity contribution is 5.91. The topological polar surface area (TPSA) is 80.3 Å². The van der Waals surface area contributed by atoms with Crippen LogP contribution in [-0.4, -0.2) is 16.8 Å². The van der Waals surface area contributed by atoms with Crippen molar-refractivity contribution in [2.24, 2.45) is 0 Å². The van der Waals surface area contributed by atoms with Crippen LogP contribution >= 0.6 is 0 Å². The van der Waals surface area contributed by atoms with Crippen LogP contribution in [0.4, 0.5) is 15.0 Å². The van der Waals surface area contributed by atoms with Gasteiger partial charge in [0, 0.05) is 19.0 Å². The molecular weight excluding hydrogens is 409 g/mol. The van der Waals surface area contributed by atoms with Gasteiger partial charge in [0.1, 0.15) is 17.4 Å². The van der Waals surface area contributed by atoms with Crippen LogP contribution in [-0.2, 0) is 24.2 Å². The van der Waals surface area contributed by atoms with Crippen molar-refractivity contribution in [3.63, 3.8) is 0 Å². The molecule has 32 heavy (non-hydrogen) atoms. The maximum atomic E-state index is 14.7. The SMILES string of the molecule is CC(C)c1ccc(CC(=O)Cc2ccc(Oc3ccnc4c3CNC(=O)N4)c(F)c2)cc1. The molecule has 1 aliphatic heterocycles. The molecule has 1 aromatic heterocycles. The van der Waals surface area contributed by atoms with Crippen molar-refractivity contribution in [3.05, 3.63) is 82.8 Å². The molecule has 2 aromatic carbocycles. The minimum atomic E-state index is -0.560. The summed E-state index contributed by atoms with van der Waals surface area (Å²) in [5.41, 5.74) is 3.40. The molecule has 164 valence electrons. The van der Waals surface area contributed by atoms with Gasteiger partial charge >= 0.3 is 6.03 Å². The first-order valence-corrected chi connectivity index (χ1v) is 10.5. The molecular formula is C25H24FN3O3. The highest BCUT2D eigenvalue weighted by atomic mass is 19.1. The third kappa shape index (κ3) is 4.94. The fourth-order valence-corrected chi connectivity index (χ4v) is 3.56. The molecule has 7 heteroatoms. The largest absolute Gasteiger partial charge is 0.454 e. The van der Waals surface area contributed by atoms with Gasteiger partial charge in [-0.1, -0.05) is 44.2 Å². The number of anilines is 1. The quantitative estimate of drug-likeness (QED) is 0.542. The first-order chi connectivity index (χ1) is 15.4. The minimum absolute atomic E-state index is 0.0142. The molecule has 0 saturated carbocycles. The van der Waals surface area contributed by atoms with Crippen LogP contribution in [0, 0.1) is 5.82 Å². The van der Waals surface area contributed by atoms with Crippen LogP contribution in [0.5, 0.6) is 11.5 Å². The number of Topliss-reactive ketones (excluding diaryl/α,β-unsaturated/α-hetero) is 1. The lowest BCUT2D eigenvalue weighted by molar-refractivity contribution is -0.117. The zero-order valence-corrected chi connectivity index (χ0v) is 17.9. The van der Waals surface area contributed by atoms with Gasteiger partial charge < -0.3 is 10.1 Å². The van der Waals surface area contributed by atoms with E-state index >= 15 is 0 Å². The molecule has 0 bridgehead atoms. The van der Waals surface area contributed by atoms with E-state index in [0.717, 1.165) is 5.56 Å². The fourth-order valence-electron chi connectivity index (χ4n) is 3.56. The molecule has 2 N–H and O–H groups in total. The number of urea groups is 1. The lowest BCUT2D eigenvalue weighted by Crippen LogP contribution is -2.34. The van der Waals surface area contributed by atoms with Crippen LogP contribution in [0.2, 0.25) is 0 Å². The summed E-state index contributed by atoms with van der Waals surface area (Å²) in [7, 11) is 0. The minimum Gasteiger partial charge on any atom is -0.454 e. The summed E-state index contributed by atoms with van der Waals surface area (Å²) >= 11 is 0. The normalized spacial score (nSPS) is 12.7. The zero-order chi connectivity index (χ0) is 22.7. The van der Waals surface area contributed by atoms with Crippen molar-refractivity contribution in [2.45, 2.75) is 39.2 Å². The lowest BCUT2D eigenvalue weighted by atomic mass is 9.98. The maximum absolute atomic E-state index is 14.7. The van der Waals surface area contributed by atoms with Crippen LogP contribution < -0.4 is 15.4 Å².